The van der Waals surface area contributed by atoms with Gasteiger partial charge in [-0.3, -0.25) is 0 Å². The van der Waals surface area contributed by atoms with Crippen LogP contribution in [0.4, 0.5) is 5.69 Å². The highest BCUT2D eigenvalue weighted by molar-refractivity contribution is 5.46. The summed E-state index contributed by atoms with van der Waals surface area (Å²) in [4.78, 5) is 3.96. The third kappa shape index (κ3) is 2.52. The van der Waals surface area contributed by atoms with E-state index in [2.05, 4.69) is 23.3 Å². The van der Waals surface area contributed by atoms with Crippen molar-refractivity contribution in [3.63, 3.8) is 0 Å². The maximum absolute atomic E-state index is 8.77. The molecule has 0 aromatic carbocycles. The molecule has 0 amide bonds. The van der Waals surface area contributed by atoms with Crippen molar-refractivity contribution in [3.05, 3.63) is 24.0 Å². The zero-order valence-electron chi connectivity index (χ0n) is 9.61. The van der Waals surface area contributed by atoms with Crippen LogP contribution in [0.1, 0.15) is 38.3 Å². The van der Waals surface area contributed by atoms with Crippen LogP contribution in [-0.2, 0) is 0 Å². The second-order valence-electron chi connectivity index (χ2n) is 4.52. The smallest absolute Gasteiger partial charge is 0.142 e. The van der Waals surface area contributed by atoms with Gasteiger partial charge in [-0.05, 0) is 37.8 Å². The molecule has 84 valence electrons. The van der Waals surface area contributed by atoms with E-state index in [1.165, 1.54) is 25.7 Å². The second kappa shape index (κ2) is 4.98. The highest BCUT2D eigenvalue weighted by atomic mass is 14.9. The Bertz CT molecular complexity index is 388. The van der Waals surface area contributed by atoms with E-state index in [0.717, 1.165) is 11.6 Å². The Hall–Kier alpha value is -1.56. The number of rotatable bonds is 3. The molecule has 1 aliphatic carbocycles. The normalized spacial score (nSPS) is 18.0. The first-order valence-corrected chi connectivity index (χ1v) is 5.92. The van der Waals surface area contributed by atoms with Crippen molar-refractivity contribution in [1.82, 2.24) is 4.98 Å². The molecule has 1 aromatic heterocycles. The first-order chi connectivity index (χ1) is 7.79. The minimum Gasteiger partial charge on any atom is -0.382 e. The molecule has 0 radical (unpaired) electrons. The third-order valence-electron chi connectivity index (χ3n) is 3.38. The van der Waals surface area contributed by atoms with Gasteiger partial charge in [-0.2, -0.15) is 5.26 Å². The second-order valence-corrected chi connectivity index (χ2v) is 4.52. The summed E-state index contributed by atoms with van der Waals surface area (Å²) in [6, 6.07) is 6.28. The molecule has 1 N–H and O–H groups in total. The molecule has 0 spiro atoms. The molecule has 1 saturated carbocycles. The minimum atomic E-state index is 0.476. The number of anilines is 1. The molecule has 0 aliphatic heterocycles. The van der Waals surface area contributed by atoms with Gasteiger partial charge in [0.2, 0.25) is 0 Å². The first kappa shape index (κ1) is 10.9. The molecule has 1 heterocycles. The van der Waals surface area contributed by atoms with Gasteiger partial charge < -0.3 is 5.32 Å². The van der Waals surface area contributed by atoms with Gasteiger partial charge in [0.05, 0.1) is 0 Å². The Morgan fingerprint density at radius 3 is 2.94 bits per heavy atom. The zero-order chi connectivity index (χ0) is 11.4. The number of hydrogen-bond donors (Lipinski definition) is 1. The van der Waals surface area contributed by atoms with Gasteiger partial charge >= 0.3 is 0 Å². The van der Waals surface area contributed by atoms with Crippen molar-refractivity contribution in [2.75, 3.05) is 5.32 Å². The number of nitriles is 1. The van der Waals surface area contributed by atoms with E-state index in [0.29, 0.717) is 11.7 Å². The van der Waals surface area contributed by atoms with Crippen LogP contribution in [0.2, 0.25) is 0 Å². The minimum absolute atomic E-state index is 0.476. The van der Waals surface area contributed by atoms with Crippen LogP contribution in [0.15, 0.2) is 18.3 Å². The summed E-state index contributed by atoms with van der Waals surface area (Å²) in [5, 5.41) is 12.2. The van der Waals surface area contributed by atoms with Crippen LogP contribution >= 0.6 is 0 Å². The molecule has 16 heavy (non-hydrogen) atoms. The van der Waals surface area contributed by atoms with Gasteiger partial charge in [0.1, 0.15) is 11.8 Å². The van der Waals surface area contributed by atoms with Crippen molar-refractivity contribution in [2.24, 2.45) is 5.92 Å². The van der Waals surface area contributed by atoms with Crippen LogP contribution < -0.4 is 5.32 Å². The molecular weight excluding hydrogens is 198 g/mol. The van der Waals surface area contributed by atoms with Gasteiger partial charge in [0.25, 0.3) is 0 Å². The van der Waals surface area contributed by atoms with Crippen molar-refractivity contribution >= 4 is 5.69 Å². The van der Waals surface area contributed by atoms with Gasteiger partial charge in [-0.25, -0.2) is 4.98 Å². The van der Waals surface area contributed by atoms with Crippen LogP contribution in [0.3, 0.4) is 0 Å². The highest BCUT2D eigenvalue weighted by Gasteiger charge is 2.21. The number of nitrogens with zero attached hydrogens (tertiary/aromatic N) is 2. The summed E-state index contributed by atoms with van der Waals surface area (Å²) in [6.07, 6.45) is 7.05. The molecule has 3 nitrogen and oxygen atoms in total. The molecule has 1 unspecified atom stereocenters. The Balaban J connectivity index is 2.00. The summed E-state index contributed by atoms with van der Waals surface area (Å²) in [5.41, 5.74) is 1.48. The van der Waals surface area contributed by atoms with Crippen LogP contribution in [0.25, 0.3) is 0 Å². The lowest BCUT2D eigenvalue weighted by Crippen LogP contribution is -2.23. The van der Waals surface area contributed by atoms with Crippen molar-refractivity contribution < 1.29 is 0 Å². The molecule has 1 aromatic rings. The average molecular weight is 215 g/mol. The molecule has 3 heteroatoms. The van der Waals surface area contributed by atoms with Gasteiger partial charge in [0.15, 0.2) is 0 Å². The predicted molar refractivity (Wildman–Crippen MR) is 64.0 cm³/mol. The molecule has 1 atom stereocenters. The lowest BCUT2D eigenvalue weighted by Gasteiger charge is -2.21. The summed E-state index contributed by atoms with van der Waals surface area (Å²) in [6.45, 7) is 2.22. The largest absolute Gasteiger partial charge is 0.382 e. The molecule has 0 saturated heterocycles. The highest BCUT2D eigenvalue weighted by Crippen LogP contribution is 2.29. The van der Waals surface area contributed by atoms with E-state index in [4.69, 9.17) is 5.26 Å². The van der Waals surface area contributed by atoms with Gasteiger partial charge in [-0.1, -0.05) is 12.8 Å². The Morgan fingerprint density at radius 2 is 2.25 bits per heavy atom. The zero-order valence-corrected chi connectivity index (χ0v) is 9.61. The van der Waals surface area contributed by atoms with E-state index in [9.17, 15) is 0 Å². The fourth-order valence-electron chi connectivity index (χ4n) is 2.42. The SMILES string of the molecule is CC(Nc1ccnc(C#N)c1)C1CCCC1. The van der Waals surface area contributed by atoms with Crippen LogP contribution in [0.5, 0.6) is 0 Å². The monoisotopic (exact) mass is 215 g/mol. The summed E-state index contributed by atoms with van der Waals surface area (Å²) < 4.78 is 0. The fraction of sp³-hybridized carbons (Fsp3) is 0.538. The topological polar surface area (TPSA) is 48.7 Å². The molecular formula is C13H17N3. The Labute approximate surface area is 96.5 Å². The van der Waals surface area contributed by atoms with Crippen LogP contribution in [0, 0.1) is 17.2 Å². The number of nitrogens with one attached hydrogen (secondary N) is 1. The van der Waals surface area contributed by atoms with Crippen LogP contribution in [-0.4, -0.2) is 11.0 Å². The molecule has 1 fully saturated rings. The number of aromatic nitrogens is 1. The lowest BCUT2D eigenvalue weighted by molar-refractivity contribution is 0.482. The standard InChI is InChI=1S/C13H17N3/c1-10(11-4-2-3-5-11)16-12-6-7-15-13(8-12)9-14/h6-8,10-11H,2-5H2,1H3,(H,15,16). The lowest BCUT2D eigenvalue weighted by atomic mass is 9.99. The van der Waals surface area contributed by atoms with Crippen molar-refractivity contribution in [3.8, 4) is 6.07 Å². The van der Waals surface area contributed by atoms with Crippen molar-refractivity contribution in [1.29, 1.82) is 5.26 Å². The summed E-state index contributed by atoms with van der Waals surface area (Å²) >= 11 is 0. The number of hydrogen-bond acceptors (Lipinski definition) is 3. The third-order valence-corrected chi connectivity index (χ3v) is 3.38. The maximum Gasteiger partial charge on any atom is 0.142 e. The quantitative estimate of drug-likeness (QED) is 0.843. The molecule has 0 bridgehead atoms. The summed E-state index contributed by atoms with van der Waals surface area (Å²) in [7, 11) is 0. The Kier molecular flexibility index (Phi) is 3.40. The van der Waals surface area contributed by atoms with Gasteiger partial charge in [0, 0.05) is 17.9 Å². The fourth-order valence-corrected chi connectivity index (χ4v) is 2.42. The van der Waals surface area contributed by atoms with E-state index < -0.39 is 0 Å². The van der Waals surface area contributed by atoms with E-state index in [-0.39, 0.29) is 0 Å². The average Bonchev–Trinajstić information content (AvgIpc) is 2.83. The molecule has 2 rings (SSSR count). The Morgan fingerprint density at radius 1 is 1.50 bits per heavy atom. The van der Waals surface area contributed by atoms with E-state index in [1.54, 1.807) is 6.20 Å². The summed E-state index contributed by atoms with van der Waals surface area (Å²) in [5.74, 6) is 0.777. The van der Waals surface area contributed by atoms with E-state index >= 15 is 0 Å². The number of pyridine rings is 1. The predicted octanol–water partition coefficient (Wildman–Crippen LogP) is 2.94. The maximum atomic E-state index is 8.77. The van der Waals surface area contributed by atoms with E-state index in [1.807, 2.05) is 12.1 Å². The molecule has 1 aliphatic rings. The van der Waals surface area contributed by atoms with Gasteiger partial charge in [-0.15, -0.1) is 0 Å². The first-order valence-electron chi connectivity index (χ1n) is 5.92. The van der Waals surface area contributed by atoms with Crippen molar-refractivity contribution in [2.45, 2.75) is 38.6 Å².